The van der Waals surface area contributed by atoms with Gasteiger partial charge in [-0.3, -0.25) is 4.79 Å². The van der Waals surface area contributed by atoms with Crippen LogP contribution >= 0.6 is 0 Å². The molecule has 0 aliphatic rings. The molecule has 0 spiro atoms. The molecule has 2 N–H and O–H groups in total. The van der Waals surface area contributed by atoms with Crippen LogP contribution in [-0.4, -0.2) is 22.5 Å². The Morgan fingerprint density at radius 1 is 1.47 bits per heavy atom. The van der Waals surface area contributed by atoms with Gasteiger partial charge in [-0.1, -0.05) is 6.07 Å². The van der Waals surface area contributed by atoms with Gasteiger partial charge in [0.2, 0.25) is 5.91 Å². The Hall–Kier alpha value is -2.37. The molecule has 0 radical (unpaired) electrons. The molecule has 1 aromatic heterocycles. The van der Waals surface area contributed by atoms with Crippen molar-refractivity contribution in [3.8, 4) is 5.75 Å². The molecule has 0 saturated heterocycles. The summed E-state index contributed by atoms with van der Waals surface area (Å²) in [6.45, 7) is 0.608. The van der Waals surface area contributed by atoms with Crippen molar-refractivity contribution >= 4 is 5.91 Å². The minimum absolute atomic E-state index is 0.133. The van der Waals surface area contributed by atoms with E-state index in [0.717, 1.165) is 5.69 Å². The third-order valence-electron chi connectivity index (χ3n) is 2.42. The maximum atomic E-state index is 12.9. The molecule has 0 atom stereocenters. The Kier molecular flexibility index (Phi) is 4.49. The fourth-order valence-electron chi connectivity index (χ4n) is 1.48. The number of aromatic nitrogens is 2. The standard InChI is InChI=1S/C13H14FN3O2/c14-10-2-1-3-12(6-10)19-5-4-13(18)16-8-11-7-15-9-17-11/h1-3,6-7,9H,4-5,8H2,(H,15,17)(H,16,18). The lowest BCUT2D eigenvalue weighted by atomic mass is 10.3. The molecule has 1 heterocycles. The van der Waals surface area contributed by atoms with Crippen molar-refractivity contribution in [1.82, 2.24) is 15.3 Å². The molecule has 0 saturated carbocycles. The van der Waals surface area contributed by atoms with Crippen LogP contribution in [0, 0.1) is 5.82 Å². The third-order valence-corrected chi connectivity index (χ3v) is 2.42. The molecule has 0 aliphatic heterocycles. The van der Waals surface area contributed by atoms with Gasteiger partial charge in [0.1, 0.15) is 11.6 Å². The van der Waals surface area contributed by atoms with Crippen LogP contribution < -0.4 is 10.1 Å². The number of H-pyrrole nitrogens is 1. The minimum atomic E-state index is -0.360. The predicted molar refractivity (Wildman–Crippen MR) is 66.9 cm³/mol. The smallest absolute Gasteiger partial charge is 0.223 e. The summed E-state index contributed by atoms with van der Waals surface area (Å²) >= 11 is 0. The Balaban J connectivity index is 1.66. The maximum Gasteiger partial charge on any atom is 0.223 e. The molecule has 100 valence electrons. The van der Waals surface area contributed by atoms with Gasteiger partial charge in [-0.2, -0.15) is 0 Å². The zero-order valence-corrected chi connectivity index (χ0v) is 10.2. The first kappa shape index (κ1) is 13.1. The van der Waals surface area contributed by atoms with Gasteiger partial charge in [0, 0.05) is 12.3 Å². The predicted octanol–water partition coefficient (Wildman–Crippen LogP) is 1.63. The van der Waals surface area contributed by atoms with E-state index in [1.165, 1.54) is 12.1 Å². The molecule has 0 fully saturated rings. The van der Waals surface area contributed by atoms with E-state index >= 15 is 0 Å². The second-order valence-electron chi connectivity index (χ2n) is 3.91. The van der Waals surface area contributed by atoms with Crippen LogP contribution in [-0.2, 0) is 11.3 Å². The minimum Gasteiger partial charge on any atom is -0.493 e. The number of hydrogen-bond donors (Lipinski definition) is 2. The first-order valence-corrected chi connectivity index (χ1v) is 5.86. The van der Waals surface area contributed by atoms with E-state index in [1.54, 1.807) is 24.7 Å². The van der Waals surface area contributed by atoms with E-state index in [9.17, 15) is 9.18 Å². The van der Waals surface area contributed by atoms with Crippen LogP contribution in [0.15, 0.2) is 36.8 Å². The molecule has 1 amide bonds. The van der Waals surface area contributed by atoms with Crippen molar-refractivity contribution in [3.05, 3.63) is 48.3 Å². The Bertz CT molecular complexity index is 528. The molecule has 0 unspecified atom stereocenters. The van der Waals surface area contributed by atoms with E-state index in [0.29, 0.717) is 12.3 Å². The average Bonchev–Trinajstić information content (AvgIpc) is 2.89. The van der Waals surface area contributed by atoms with Gasteiger partial charge in [-0.05, 0) is 12.1 Å². The fourth-order valence-corrected chi connectivity index (χ4v) is 1.48. The maximum absolute atomic E-state index is 12.9. The highest BCUT2D eigenvalue weighted by Gasteiger charge is 2.03. The fraction of sp³-hybridized carbons (Fsp3) is 0.231. The monoisotopic (exact) mass is 263 g/mol. The van der Waals surface area contributed by atoms with Crippen LogP contribution in [0.2, 0.25) is 0 Å². The van der Waals surface area contributed by atoms with Gasteiger partial charge in [0.25, 0.3) is 0 Å². The lowest BCUT2D eigenvalue weighted by Gasteiger charge is -2.06. The number of benzene rings is 1. The number of imidazole rings is 1. The normalized spacial score (nSPS) is 10.2. The zero-order valence-electron chi connectivity index (χ0n) is 10.2. The van der Waals surface area contributed by atoms with Crippen molar-refractivity contribution in [2.45, 2.75) is 13.0 Å². The van der Waals surface area contributed by atoms with Crippen molar-refractivity contribution in [2.75, 3.05) is 6.61 Å². The molecule has 6 heteroatoms. The summed E-state index contributed by atoms with van der Waals surface area (Å²) in [6.07, 6.45) is 3.41. The number of aromatic amines is 1. The quantitative estimate of drug-likeness (QED) is 0.832. The van der Waals surface area contributed by atoms with Crippen LogP contribution in [0.5, 0.6) is 5.75 Å². The van der Waals surface area contributed by atoms with Gasteiger partial charge in [0.15, 0.2) is 0 Å². The number of nitrogens with zero attached hydrogens (tertiary/aromatic N) is 1. The average molecular weight is 263 g/mol. The Morgan fingerprint density at radius 2 is 2.37 bits per heavy atom. The lowest BCUT2D eigenvalue weighted by Crippen LogP contribution is -2.24. The summed E-state index contributed by atoms with van der Waals surface area (Å²) in [5.74, 6) is -0.0754. The lowest BCUT2D eigenvalue weighted by molar-refractivity contribution is -0.121. The summed E-state index contributed by atoms with van der Waals surface area (Å²) in [4.78, 5) is 18.2. The molecule has 5 nitrogen and oxygen atoms in total. The molecule has 1 aromatic carbocycles. The van der Waals surface area contributed by atoms with Gasteiger partial charge >= 0.3 is 0 Å². The highest BCUT2D eigenvalue weighted by molar-refractivity contribution is 5.75. The number of carbonyl (C=O) groups excluding carboxylic acids is 1. The molecule has 2 rings (SSSR count). The largest absolute Gasteiger partial charge is 0.493 e. The molecular weight excluding hydrogens is 249 g/mol. The summed E-state index contributed by atoms with van der Waals surface area (Å²) < 4.78 is 18.1. The topological polar surface area (TPSA) is 67.0 Å². The van der Waals surface area contributed by atoms with E-state index < -0.39 is 0 Å². The molecule has 0 aliphatic carbocycles. The highest BCUT2D eigenvalue weighted by atomic mass is 19.1. The van der Waals surface area contributed by atoms with Gasteiger partial charge in [0.05, 0.1) is 31.6 Å². The Morgan fingerprint density at radius 3 is 3.11 bits per heavy atom. The SMILES string of the molecule is O=C(CCOc1cccc(F)c1)NCc1cnc[nH]1. The molecule has 0 bridgehead atoms. The Labute approximate surface area is 109 Å². The zero-order chi connectivity index (χ0) is 13.5. The van der Waals surface area contributed by atoms with E-state index in [-0.39, 0.29) is 24.8 Å². The van der Waals surface area contributed by atoms with E-state index in [1.807, 2.05) is 0 Å². The van der Waals surface area contributed by atoms with Crippen molar-refractivity contribution < 1.29 is 13.9 Å². The third kappa shape index (κ3) is 4.42. The summed E-state index contributed by atoms with van der Waals surface area (Å²) in [5.41, 5.74) is 0.833. The van der Waals surface area contributed by atoms with Crippen molar-refractivity contribution in [2.24, 2.45) is 0 Å². The number of hydrogen-bond acceptors (Lipinski definition) is 3. The summed E-state index contributed by atoms with van der Waals surface area (Å²) in [5, 5.41) is 2.72. The van der Waals surface area contributed by atoms with Crippen LogP contribution in [0.4, 0.5) is 4.39 Å². The second-order valence-corrected chi connectivity index (χ2v) is 3.91. The number of halogens is 1. The second kappa shape index (κ2) is 6.53. The highest BCUT2D eigenvalue weighted by Crippen LogP contribution is 2.11. The van der Waals surface area contributed by atoms with E-state index in [4.69, 9.17) is 4.74 Å². The van der Waals surface area contributed by atoms with Gasteiger partial charge in [-0.25, -0.2) is 9.37 Å². The summed E-state index contributed by atoms with van der Waals surface area (Å²) in [7, 11) is 0. The number of rotatable bonds is 6. The van der Waals surface area contributed by atoms with Crippen LogP contribution in [0.1, 0.15) is 12.1 Å². The molecule has 19 heavy (non-hydrogen) atoms. The molecule has 2 aromatic rings. The first-order chi connectivity index (χ1) is 9.24. The number of amides is 1. The number of nitrogens with one attached hydrogen (secondary N) is 2. The van der Waals surface area contributed by atoms with Crippen molar-refractivity contribution in [1.29, 1.82) is 0 Å². The number of carbonyl (C=O) groups is 1. The number of ether oxygens (including phenoxy) is 1. The first-order valence-electron chi connectivity index (χ1n) is 5.86. The van der Waals surface area contributed by atoms with Crippen LogP contribution in [0.3, 0.4) is 0 Å². The van der Waals surface area contributed by atoms with Gasteiger partial charge < -0.3 is 15.0 Å². The molecular formula is C13H14FN3O2. The van der Waals surface area contributed by atoms with Crippen molar-refractivity contribution in [3.63, 3.8) is 0 Å². The van der Waals surface area contributed by atoms with Crippen LogP contribution in [0.25, 0.3) is 0 Å². The summed E-state index contributed by atoms with van der Waals surface area (Å²) in [6, 6.07) is 5.82. The van der Waals surface area contributed by atoms with Gasteiger partial charge in [-0.15, -0.1) is 0 Å². The van der Waals surface area contributed by atoms with E-state index in [2.05, 4.69) is 15.3 Å².